The molecule has 1 aromatic heterocycles. The molecule has 1 rings (SSSR count). The van der Waals surface area contributed by atoms with Gasteiger partial charge >= 0.3 is 0 Å². The van der Waals surface area contributed by atoms with E-state index >= 15 is 0 Å². The van der Waals surface area contributed by atoms with E-state index in [0.717, 1.165) is 24.5 Å². The fourth-order valence-corrected chi connectivity index (χ4v) is 1.16. The van der Waals surface area contributed by atoms with E-state index in [0.29, 0.717) is 11.8 Å². The molecule has 0 amide bonds. The molecular formula is C11H18N2O. The lowest BCUT2D eigenvalue weighted by Crippen LogP contribution is -2.04. The van der Waals surface area contributed by atoms with E-state index in [1.807, 2.05) is 19.9 Å². The van der Waals surface area contributed by atoms with Crippen LogP contribution >= 0.6 is 0 Å². The Bertz CT molecular complexity index is 277. The van der Waals surface area contributed by atoms with Crippen LogP contribution < -0.4 is 4.74 Å². The highest BCUT2D eigenvalue weighted by Gasteiger charge is 2.00. The van der Waals surface area contributed by atoms with E-state index < -0.39 is 0 Å². The maximum atomic E-state index is 5.53. The third kappa shape index (κ3) is 3.73. The summed E-state index contributed by atoms with van der Waals surface area (Å²) in [6.07, 6.45) is 1.06. The minimum absolute atomic E-state index is 0.666. The van der Waals surface area contributed by atoms with Crippen molar-refractivity contribution >= 4 is 0 Å². The first-order chi connectivity index (χ1) is 6.58. The van der Waals surface area contributed by atoms with Gasteiger partial charge < -0.3 is 4.74 Å². The quantitative estimate of drug-likeness (QED) is 0.738. The van der Waals surface area contributed by atoms with Gasteiger partial charge in [-0.25, -0.2) is 4.98 Å². The average molecular weight is 194 g/mol. The largest absolute Gasteiger partial charge is 0.478 e. The molecule has 0 bridgehead atoms. The molecular weight excluding hydrogens is 176 g/mol. The second kappa shape index (κ2) is 4.94. The van der Waals surface area contributed by atoms with Gasteiger partial charge in [-0.3, -0.25) is 0 Å². The van der Waals surface area contributed by atoms with Crippen LogP contribution in [0.15, 0.2) is 6.07 Å². The van der Waals surface area contributed by atoms with Gasteiger partial charge in [-0.05, 0) is 26.2 Å². The molecule has 0 radical (unpaired) electrons. The zero-order valence-corrected chi connectivity index (χ0v) is 9.37. The van der Waals surface area contributed by atoms with E-state index in [4.69, 9.17) is 4.74 Å². The lowest BCUT2D eigenvalue weighted by Gasteiger charge is -2.07. The van der Waals surface area contributed by atoms with Crippen molar-refractivity contribution in [2.24, 2.45) is 5.92 Å². The van der Waals surface area contributed by atoms with Crippen LogP contribution in [-0.2, 0) is 0 Å². The molecule has 0 saturated heterocycles. The molecule has 1 heterocycles. The van der Waals surface area contributed by atoms with E-state index in [1.165, 1.54) is 0 Å². The van der Waals surface area contributed by atoms with Crippen molar-refractivity contribution in [3.05, 3.63) is 17.6 Å². The molecule has 14 heavy (non-hydrogen) atoms. The van der Waals surface area contributed by atoms with Crippen LogP contribution in [0.4, 0.5) is 0 Å². The van der Waals surface area contributed by atoms with Crippen LogP contribution in [-0.4, -0.2) is 16.6 Å². The number of aryl methyl sites for hydroxylation is 2. The molecule has 3 heteroatoms. The van der Waals surface area contributed by atoms with Crippen molar-refractivity contribution in [2.45, 2.75) is 34.1 Å². The SMILES string of the molecule is Cc1cc(OCCC(C)C)nc(C)n1. The number of nitrogens with zero attached hydrogens (tertiary/aromatic N) is 2. The molecule has 3 nitrogen and oxygen atoms in total. The van der Waals surface area contributed by atoms with E-state index in [-0.39, 0.29) is 0 Å². The zero-order chi connectivity index (χ0) is 10.6. The van der Waals surface area contributed by atoms with Crippen LogP contribution in [0.2, 0.25) is 0 Å². The number of hydrogen-bond acceptors (Lipinski definition) is 3. The van der Waals surface area contributed by atoms with Crippen LogP contribution in [0.3, 0.4) is 0 Å². The molecule has 0 fully saturated rings. The highest BCUT2D eigenvalue weighted by atomic mass is 16.5. The van der Waals surface area contributed by atoms with Crippen molar-refractivity contribution in [2.75, 3.05) is 6.61 Å². The summed E-state index contributed by atoms with van der Waals surface area (Å²) < 4.78 is 5.53. The summed E-state index contributed by atoms with van der Waals surface area (Å²) in [5.41, 5.74) is 0.956. The van der Waals surface area contributed by atoms with Crippen molar-refractivity contribution in [1.29, 1.82) is 0 Å². The van der Waals surface area contributed by atoms with E-state index in [1.54, 1.807) is 0 Å². The van der Waals surface area contributed by atoms with Gasteiger partial charge in [0, 0.05) is 11.8 Å². The fourth-order valence-electron chi connectivity index (χ4n) is 1.16. The van der Waals surface area contributed by atoms with Gasteiger partial charge in [0.15, 0.2) is 0 Å². The summed E-state index contributed by atoms with van der Waals surface area (Å²) in [7, 11) is 0. The molecule has 0 aromatic carbocycles. The fraction of sp³-hybridized carbons (Fsp3) is 0.636. The van der Waals surface area contributed by atoms with Crippen LogP contribution in [0.1, 0.15) is 31.8 Å². The van der Waals surface area contributed by atoms with Crippen molar-refractivity contribution < 1.29 is 4.74 Å². The summed E-state index contributed by atoms with van der Waals surface area (Å²) in [4.78, 5) is 8.38. The Hall–Kier alpha value is -1.12. The van der Waals surface area contributed by atoms with Crippen LogP contribution in [0.5, 0.6) is 5.88 Å². The Morgan fingerprint density at radius 1 is 1.29 bits per heavy atom. The van der Waals surface area contributed by atoms with Gasteiger partial charge in [-0.15, -0.1) is 0 Å². The summed E-state index contributed by atoms with van der Waals surface area (Å²) in [5, 5.41) is 0. The van der Waals surface area contributed by atoms with Gasteiger partial charge in [0.1, 0.15) is 5.82 Å². The predicted octanol–water partition coefficient (Wildman–Crippen LogP) is 2.52. The smallest absolute Gasteiger partial charge is 0.216 e. The molecule has 0 aliphatic rings. The third-order valence-electron chi connectivity index (χ3n) is 1.89. The monoisotopic (exact) mass is 194 g/mol. The molecule has 0 saturated carbocycles. The van der Waals surface area contributed by atoms with Gasteiger partial charge in [0.2, 0.25) is 5.88 Å². The normalized spacial score (nSPS) is 10.6. The van der Waals surface area contributed by atoms with Gasteiger partial charge in [-0.1, -0.05) is 13.8 Å². The summed E-state index contributed by atoms with van der Waals surface area (Å²) >= 11 is 0. The van der Waals surface area contributed by atoms with E-state index in [2.05, 4.69) is 23.8 Å². The van der Waals surface area contributed by atoms with Crippen LogP contribution in [0, 0.1) is 19.8 Å². The Labute approximate surface area is 85.5 Å². The minimum Gasteiger partial charge on any atom is -0.478 e. The van der Waals surface area contributed by atoms with E-state index in [9.17, 15) is 0 Å². The van der Waals surface area contributed by atoms with Crippen molar-refractivity contribution in [1.82, 2.24) is 9.97 Å². The highest BCUT2D eigenvalue weighted by molar-refractivity contribution is 5.14. The molecule has 1 aromatic rings. The highest BCUT2D eigenvalue weighted by Crippen LogP contribution is 2.09. The number of aromatic nitrogens is 2. The van der Waals surface area contributed by atoms with Crippen molar-refractivity contribution in [3.63, 3.8) is 0 Å². The average Bonchev–Trinajstić information content (AvgIpc) is 2.01. The Balaban J connectivity index is 2.50. The second-order valence-electron chi connectivity index (χ2n) is 3.93. The molecule has 78 valence electrons. The first-order valence-corrected chi connectivity index (χ1v) is 5.03. The molecule has 0 aliphatic heterocycles. The number of rotatable bonds is 4. The first kappa shape index (κ1) is 11.0. The maximum Gasteiger partial charge on any atom is 0.216 e. The second-order valence-corrected chi connectivity index (χ2v) is 3.93. The van der Waals surface area contributed by atoms with Crippen LogP contribution in [0.25, 0.3) is 0 Å². The van der Waals surface area contributed by atoms with Gasteiger partial charge in [-0.2, -0.15) is 4.98 Å². The maximum absolute atomic E-state index is 5.53. The molecule has 0 atom stereocenters. The standard InChI is InChI=1S/C11H18N2O/c1-8(2)5-6-14-11-7-9(3)12-10(4)13-11/h7-8H,5-6H2,1-4H3. The zero-order valence-electron chi connectivity index (χ0n) is 9.37. The molecule has 0 spiro atoms. The van der Waals surface area contributed by atoms with Gasteiger partial charge in [0.05, 0.1) is 6.61 Å². The lowest BCUT2D eigenvalue weighted by atomic mass is 10.1. The first-order valence-electron chi connectivity index (χ1n) is 5.03. The third-order valence-corrected chi connectivity index (χ3v) is 1.89. The predicted molar refractivity (Wildman–Crippen MR) is 56.5 cm³/mol. The van der Waals surface area contributed by atoms with Gasteiger partial charge in [0.25, 0.3) is 0 Å². The number of hydrogen-bond donors (Lipinski definition) is 0. The Morgan fingerprint density at radius 3 is 2.57 bits per heavy atom. The summed E-state index contributed by atoms with van der Waals surface area (Å²) in [6.45, 7) is 8.92. The topological polar surface area (TPSA) is 35.0 Å². The van der Waals surface area contributed by atoms with Crippen molar-refractivity contribution in [3.8, 4) is 5.88 Å². The molecule has 0 N–H and O–H groups in total. The Kier molecular flexibility index (Phi) is 3.86. The summed E-state index contributed by atoms with van der Waals surface area (Å²) in [6, 6.07) is 1.87. The summed E-state index contributed by atoms with van der Waals surface area (Å²) in [5.74, 6) is 2.12. The molecule has 0 unspecified atom stereocenters. The lowest BCUT2D eigenvalue weighted by molar-refractivity contribution is 0.278. The number of ether oxygens (including phenoxy) is 1. The molecule has 0 aliphatic carbocycles. The Morgan fingerprint density at radius 2 is 2.00 bits per heavy atom. The minimum atomic E-state index is 0.666.